The minimum atomic E-state index is -3.67. The number of nitrogens with zero attached hydrogens (tertiary/aromatic N) is 4. The Balaban J connectivity index is 0.000000461. The second-order valence-corrected chi connectivity index (χ2v) is 13.2. The first kappa shape index (κ1) is 34.6. The molecular weight excluding hydrogens is 603 g/mol. The van der Waals surface area contributed by atoms with Gasteiger partial charge in [0.1, 0.15) is 0 Å². The number of nitrogens with two attached hydrogens (primary N) is 1. The lowest BCUT2D eigenvalue weighted by Gasteiger charge is -2.40. The van der Waals surface area contributed by atoms with E-state index >= 15 is 0 Å². The van der Waals surface area contributed by atoms with Gasteiger partial charge in [-0.25, -0.2) is 9.97 Å². The Morgan fingerprint density at radius 1 is 0.682 bits per heavy atom. The first-order chi connectivity index (χ1) is 20.8. The fraction of sp³-hybridized carbons (Fsp3) is 0.290. The Morgan fingerprint density at radius 3 is 1.41 bits per heavy atom. The maximum atomic E-state index is 9.19. The third-order valence-electron chi connectivity index (χ3n) is 6.98. The third-order valence-corrected chi connectivity index (χ3v) is 6.98. The standard InChI is InChI=1S/C29H31N5.2CH4O3S/c30-27-28(32-18-17-31-27)34-22-20-33(21-23-34)19-16-29(24-10-4-1-5-11-24,25-12-6-2-7-13-25)26-14-8-3-9-15-26;2*1-5(2,3)4/h1-15,17-18H,16,19-23H2,(H2,30,31);2*1H3,(H,2,3,4). The van der Waals surface area contributed by atoms with Gasteiger partial charge >= 0.3 is 0 Å². The van der Waals surface area contributed by atoms with Crippen molar-refractivity contribution in [1.82, 2.24) is 14.9 Å². The second kappa shape index (κ2) is 15.7. The average Bonchev–Trinajstić information content (AvgIpc) is 2.98. The van der Waals surface area contributed by atoms with E-state index in [4.69, 9.17) is 14.8 Å². The Hall–Kier alpha value is -3.88. The van der Waals surface area contributed by atoms with Crippen LogP contribution in [-0.4, -0.2) is 86.0 Å². The van der Waals surface area contributed by atoms with Crippen LogP contribution in [0, 0.1) is 0 Å². The van der Waals surface area contributed by atoms with Crippen LogP contribution in [-0.2, 0) is 25.7 Å². The second-order valence-electron chi connectivity index (χ2n) is 10.3. The van der Waals surface area contributed by atoms with Crippen molar-refractivity contribution in [1.29, 1.82) is 0 Å². The lowest BCUT2D eigenvalue weighted by atomic mass is 9.67. The van der Waals surface area contributed by atoms with Crippen LogP contribution < -0.4 is 10.6 Å². The van der Waals surface area contributed by atoms with E-state index in [9.17, 15) is 16.8 Å². The van der Waals surface area contributed by atoms with Crippen molar-refractivity contribution >= 4 is 31.9 Å². The van der Waals surface area contributed by atoms with Crippen LogP contribution in [0.25, 0.3) is 0 Å². The molecule has 4 N–H and O–H groups in total. The van der Waals surface area contributed by atoms with Crippen molar-refractivity contribution in [2.24, 2.45) is 0 Å². The lowest BCUT2D eigenvalue weighted by molar-refractivity contribution is 0.242. The zero-order chi connectivity index (χ0) is 32.2. The molecule has 4 aromatic rings. The molecule has 1 saturated heterocycles. The Labute approximate surface area is 259 Å². The number of rotatable bonds is 7. The van der Waals surface area contributed by atoms with Gasteiger partial charge in [-0.05, 0) is 29.7 Å². The fourth-order valence-corrected chi connectivity index (χ4v) is 5.20. The number of benzene rings is 3. The van der Waals surface area contributed by atoms with E-state index in [-0.39, 0.29) is 5.41 Å². The van der Waals surface area contributed by atoms with Crippen molar-refractivity contribution in [3.63, 3.8) is 0 Å². The van der Waals surface area contributed by atoms with Crippen molar-refractivity contribution in [3.05, 3.63) is 120 Å². The highest BCUT2D eigenvalue weighted by atomic mass is 32.2. The Morgan fingerprint density at radius 2 is 1.05 bits per heavy atom. The summed E-state index contributed by atoms with van der Waals surface area (Å²) < 4.78 is 51.7. The molecule has 1 fully saturated rings. The summed E-state index contributed by atoms with van der Waals surface area (Å²) in [7, 11) is -7.33. The van der Waals surface area contributed by atoms with Gasteiger partial charge in [0.05, 0.1) is 12.5 Å². The summed E-state index contributed by atoms with van der Waals surface area (Å²) >= 11 is 0. The van der Waals surface area contributed by atoms with Gasteiger partial charge in [0.2, 0.25) is 0 Å². The summed E-state index contributed by atoms with van der Waals surface area (Å²) in [5, 5.41) is 0. The van der Waals surface area contributed by atoms with Crippen LogP contribution in [0.3, 0.4) is 0 Å². The topological polar surface area (TPSA) is 167 Å². The SMILES string of the molecule is CS(=O)(=O)O.CS(=O)(=O)O.Nc1nccnc1N1CCN(CCC(c2ccccc2)(c2ccccc2)c2ccccc2)CC1. The van der Waals surface area contributed by atoms with Crippen LogP contribution in [0.4, 0.5) is 11.6 Å². The van der Waals surface area contributed by atoms with Crippen LogP contribution in [0.1, 0.15) is 23.1 Å². The summed E-state index contributed by atoms with van der Waals surface area (Å²) in [4.78, 5) is 13.5. The Kier molecular flexibility index (Phi) is 12.4. The van der Waals surface area contributed by atoms with Gasteiger partial charge in [0, 0.05) is 44.0 Å². The molecule has 0 bridgehead atoms. The smallest absolute Gasteiger partial charge is 0.261 e. The van der Waals surface area contributed by atoms with Gasteiger partial charge in [-0.2, -0.15) is 16.8 Å². The number of nitrogen functional groups attached to an aromatic ring is 1. The molecule has 3 aromatic carbocycles. The predicted molar refractivity (Wildman–Crippen MR) is 174 cm³/mol. The van der Waals surface area contributed by atoms with Crippen molar-refractivity contribution in [2.45, 2.75) is 11.8 Å². The first-order valence-corrected chi connectivity index (χ1v) is 17.5. The van der Waals surface area contributed by atoms with Gasteiger partial charge in [0.15, 0.2) is 11.6 Å². The van der Waals surface area contributed by atoms with E-state index in [1.54, 1.807) is 12.4 Å². The molecule has 0 amide bonds. The molecule has 0 spiro atoms. The molecule has 1 aromatic heterocycles. The van der Waals surface area contributed by atoms with E-state index < -0.39 is 20.2 Å². The molecule has 11 nitrogen and oxygen atoms in total. The summed E-state index contributed by atoms with van der Waals surface area (Å²) in [6.07, 6.45) is 5.79. The molecule has 13 heteroatoms. The monoisotopic (exact) mass is 641 g/mol. The molecule has 0 saturated carbocycles. The molecule has 44 heavy (non-hydrogen) atoms. The number of hydrogen-bond acceptors (Lipinski definition) is 9. The normalized spacial score (nSPS) is 14.0. The van der Waals surface area contributed by atoms with Crippen LogP contribution in [0.2, 0.25) is 0 Å². The molecule has 2 heterocycles. The zero-order valence-corrected chi connectivity index (χ0v) is 26.4. The maximum Gasteiger partial charge on any atom is 0.261 e. The summed E-state index contributed by atoms with van der Waals surface area (Å²) in [5.41, 5.74) is 9.85. The molecule has 0 unspecified atom stereocenters. The van der Waals surface area contributed by atoms with Gasteiger partial charge in [-0.15, -0.1) is 0 Å². The van der Waals surface area contributed by atoms with Gasteiger partial charge in [0.25, 0.3) is 20.2 Å². The lowest BCUT2D eigenvalue weighted by Crippen LogP contribution is -2.48. The predicted octanol–water partition coefficient (Wildman–Crippen LogP) is 3.61. The highest BCUT2D eigenvalue weighted by molar-refractivity contribution is 7.85. The molecule has 1 aliphatic heterocycles. The highest BCUT2D eigenvalue weighted by Gasteiger charge is 2.36. The van der Waals surface area contributed by atoms with E-state index in [1.807, 2.05) is 0 Å². The summed E-state index contributed by atoms with van der Waals surface area (Å²) in [5.74, 6) is 1.31. The van der Waals surface area contributed by atoms with Crippen LogP contribution in [0.5, 0.6) is 0 Å². The molecule has 0 radical (unpaired) electrons. The van der Waals surface area contributed by atoms with Gasteiger partial charge < -0.3 is 10.6 Å². The largest absolute Gasteiger partial charge is 0.381 e. The number of piperazine rings is 1. The molecule has 0 atom stereocenters. The molecule has 0 aliphatic carbocycles. The van der Waals surface area contributed by atoms with Gasteiger partial charge in [-0.1, -0.05) is 91.0 Å². The van der Waals surface area contributed by atoms with Crippen molar-refractivity contribution in [3.8, 4) is 0 Å². The minimum absolute atomic E-state index is 0.212. The quantitative estimate of drug-likeness (QED) is 0.199. The molecule has 236 valence electrons. The molecule has 5 rings (SSSR count). The van der Waals surface area contributed by atoms with Crippen molar-refractivity contribution < 1.29 is 25.9 Å². The molecule has 1 aliphatic rings. The van der Waals surface area contributed by atoms with Crippen molar-refractivity contribution in [2.75, 3.05) is 55.9 Å². The fourth-order valence-electron chi connectivity index (χ4n) is 5.20. The minimum Gasteiger partial charge on any atom is -0.381 e. The summed E-state index contributed by atoms with van der Waals surface area (Å²) in [6.45, 7) is 4.76. The van der Waals surface area contributed by atoms with E-state index in [2.05, 4.69) is 111 Å². The summed E-state index contributed by atoms with van der Waals surface area (Å²) in [6, 6.07) is 32.8. The van der Waals surface area contributed by atoms with E-state index in [0.29, 0.717) is 18.3 Å². The average molecular weight is 642 g/mol. The van der Waals surface area contributed by atoms with E-state index in [1.165, 1.54) is 16.7 Å². The van der Waals surface area contributed by atoms with Crippen LogP contribution >= 0.6 is 0 Å². The zero-order valence-electron chi connectivity index (χ0n) is 24.8. The van der Waals surface area contributed by atoms with E-state index in [0.717, 1.165) is 45.0 Å². The van der Waals surface area contributed by atoms with Crippen LogP contribution in [0.15, 0.2) is 103 Å². The third kappa shape index (κ3) is 11.0. The number of anilines is 2. The first-order valence-electron chi connectivity index (χ1n) is 13.8. The number of hydrogen-bond donors (Lipinski definition) is 3. The highest BCUT2D eigenvalue weighted by Crippen LogP contribution is 2.42. The van der Waals surface area contributed by atoms with Gasteiger partial charge in [-0.3, -0.25) is 14.0 Å². The maximum absolute atomic E-state index is 9.19. The molecular formula is C31H39N5O6S2. The Bertz CT molecular complexity index is 1510. The number of aromatic nitrogens is 2.